The lowest BCUT2D eigenvalue weighted by atomic mass is 10.1. The first-order valence-electron chi connectivity index (χ1n) is 6.36. The minimum atomic E-state index is 0.531. The largest absolute Gasteiger partial charge is 0.460 e. The summed E-state index contributed by atoms with van der Waals surface area (Å²) in [5, 5.41) is 4.68. The third-order valence-electron chi connectivity index (χ3n) is 2.93. The summed E-state index contributed by atoms with van der Waals surface area (Å²) >= 11 is 0. The molecule has 1 unspecified atom stereocenters. The van der Waals surface area contributed by atoms with E-state index in [9.17, 15) is 0 Å². The van der Waals surface area contributed by atoms with Crippen LogP contribution >= 0.6 is 0 Å². The molecular weight excluding hydrogens is 210 g/mol. The maximum atomic E-state index is 5.76. The first-order valence-corrected chi connectivity index (χ1v) is 6.36. The van der Waals surface area contributed by atoms with Gasteiger partial charge in [-0.05, 0) is 31.4 Å². The highest BCUT2D eigenvalue weighted by atomic mass is 16.3. The molecule has 0 radical (unpaired) electrons. The van der Waals surface area contributed by atoms with E-state index in [4.69, 9.17) is 4.42 Å². The van der Waals surface area contributed by atoms with Crippen molar-refractivity contribution in [2.45, 2.75) is 39.8 Å². The Hall–Kier alpha value is -1.28. The Labute approximate surface area is 103 Å². The van der Waals surface area contributed by atoms with Gasteiger partial charge < -0.3 is 9.73 Å². The predicted octanol–water partition coefficient (Wildman–Crippen LogP) is 3.96. The molecule has 1 heterocycles. The molecule has 2 nitrogen and oxygen atoms in total. The number of nitrogens with one attached hydrogen (secondary N) is 1. The Morgan fingerprint density at radius 2 is 1.94 bits per heavy atom. The maximum Gasteiger partial charge on any atom is 0.134 e. The summed E-state index contributed by atoms with van der Waals surface area (Å²) in [5.41, 5.74) is 0.973. The zero-order valence-corrected chi connectivity index (χ0v) is 10.9. The normalized spacial score (nSPS) is 13.4. The first kappa shape index (κ1) is 12.2. The Morgan fingerprint density at radius 3 is 2.65 bits per heavy atom. The second-order valence-corrected chi connectivity index (χ2v) is 5.16. The van der Waals surface area contributed by atoms with Crippen molar-refractivity contribution in [1.82, 2.24) is 5.32 Å². The summed E-state index contributed by atoms with van der Waals surface area (Å²) in [4.78, 5) is 0. The molecule has 1 N–H and O–H groups in total. The van der Waals surface area contributed by atoms with Crippen LogP contribution in [0.5, 0.6) is 0 Å². The summed E-state index contributed by atoms with van der Waals surface area (Å²) in [5.74, 6) is 1.75. The average molecular weight is 231 g/mol. The smallest absolute Gasteiger partial charge is 0.134 e. The van der Waals surface area contributed by atoms with Crippen molar-refractivity contribution in [3.63, 3.8) is 0 Å². The highest BCUT2D eigenvalue weighted by Gasteiger charge is 2.07. The van der Waals surface area contributed by atoms with Crippen LogP contribution in [-0.2, 0) is 6.54 Å². The first-order chi connectivity index (χ1) is 8.15. The highest BCUT2D eigenvalue weighted by Crippen LogP contribution is 2.18. The maximum absolute atomic E-state index is 5.76. The molecule has 0 aliphatic rings. The lowest BCUT2D eigenvalue weighted by Crippen LogP contribution is -2.26. The van der Waals surface area contributed by atoms with Crippen LogP contribution in [0.25, 0.3) is 11.0 Å². The van der Waals surface area contributed by atoms with Crippen molar-refractivity contribution in [3.05, 3.63) is 36.1 Å². The molecule has 0 amide bonds. The monoisotopic (exact) mass is 231 g/mol. The minimum absolute atomic E-state index is 0.531. The fourth-order valence-corrected chi connectivity index (χ4v) is 2.19. The van der Waals surface area contributed by atoms with Gasteiger partial charge in [0, 0.05) is 11.4 Å². The van der Waals surface area contributed by atoms with E-state index in [0.717, 1.165) is 23.8 Å². The minimum Gasteiger partial charge on any atom is -0.460 e. The van der Waals surface area contributed by atoms with Gasteiger partial charge in [-0.1, -0.05) is 32.0 Å². The van der Waals surface area contributed by atoms with E-state index in [1.807, 2.05) is 18.2 Å². The lowest BCUT2D eigenvalue weighted by molar-refractivity contribution is 0.417. The van der Waals surface area contributed by atoms with Gasteiger partial charge in [-0.15, -0.1) is 0 Å². The van der Waals surface area contributed by atoms with Crippen LogP contribution in [0.15, 0.2) is 34.7 Å². The van der Waals surface area contributed by atoms with Crippen LogP contribution in [0.2, 0.25) is 0 Å². The second kappa shape index (κ2) is 5.37. The zero-order chi connectivity index (χ0) is 12.3. The lowest BCUT2D eigenvalue weighted by Gasteiger charge is -2.14. The zero-order valence-electron chi connectivity index (χ0n) is 10.9. The van der Waals surface area contributed by atoms with E-state index in [-0.39, 0.29) is 0 Å². The molecule has 0 spiro atoms. The van der Waals surface area contributed by atoms with E-state index in [2.05, 4.69) is 38.2 Å². The predicted molar refractivity (Wildman–Crippen MR) is 72.0 cm³/mol. The molecule has 0 aliphatic carbocycles. The van der Waals surface area contributed by atoms with Crippen LogP contribution in [0.1, 0.15) is 33.0 Å². The number of para-hydroxylation sites is 1. The van der Waals surface area contributed by atoms with E-state index < -0.39 is 0 Å². The second-order valence-electron chi connectivity index (χ2n) is 5.16. The number of furan rings is 1. The standard InChI is InChI=1S/C15H21NO/c1-11(2)8-12(3)16-10-14-9-13-6-4-5-7-15(13)17-14/h4-7,9,11-12,16H,8,10H2,1-3H3. The number of rotatable bonds is 5. The molecule has 2 aromatic rings. The topological polar surface area (TPSA) is 25.2 Å². The fourth-order valence-electron chi connectivity index (χ4n) is 2.19. The van der Waals surface area contributed by atoms with Gasteiger partial charge in [-0.25, -0.2) is 0 Å². The van der Waals surface area contributed by atoms with Gasteiger partial charge in [0.05, 0.1) is 6.54 Å². The molecule has 0 saturated carbocycles. The molecule has 0 fully saturated rings. The third-order valence-corrected chi connectivity index (χ3v) is 2.93. The Kier molecular flexibility index (Phi) is 3.85. The number of hydrogen-bond acceptors (Lipinski definition) is 2. The van der Waals surface area contributed by atoms with Crippen molar-refractivity contribution in [1.29, 1.82) is 0 Å². The van der Waals surface area contributed by atoms with Gasteiger partial charge in [0.15, 0.2) is 0 Å². The molecule has 17 heavy (non-hydrogen) atoms. The van der Waals surface area contributed by atoms with Gasteiger partial charge in [0.2, 0.25) is 0 Å². The molecule has 1 atom stereocenters. The third kappa shape index (κ3) is 3.34. The van der Waals surface area contributed by atoms with Gasteiger partial charge in [-0.3, -0.25) is 0 Å². The van der Waals surface area contributed by atoms with Crippen LogP contribution < -0.4 is 5.32 Å². The van der Waals surface area contributed by atoms with Crippen LogP contribution in [-0.4, -0.2) is 6.04 Å². The Bertz CT molecular complexity index is 439. The van der Waals surface area contributed by atoms with Crippen LogP contribution in [0.4, 0.5) is 0 Å². The van der Waals surface area contributed by atoms with Crippen molar-refractivity contribution in [3.8, 4) is 0 Å². The number of fused-ring (bicyclic) bond motifs is 1. The van der Waals surface area contributed by atoms with Gasteiger partial charge >= 0.3 is 0 Å². The summed E-state index contributed by atoms with van der Waals surface area (Å²) in [6.07, 6.45) is 1.19. The average Bonchev–Trinajstić information content (AvgIpc) is 2.68. The summed E-state index contributed by atoms with van der Waals surface area (Å²) < 4.78 is 5.76. The van der Waals surface area contributed by atoms with Crippen LogP contribution in [0.3, 0.4) is 0 Å². The Morgan fingerprint density at radius 1 is 1.18 bits per heavy atom. The van der Waals surface area contributed by atoms with E-state index >= 15 is 0 Å². The molecule has 0 bridgehead atoms. The van der Waals surface area contributed by atoms with Gasteiger partial charge in [-0.2, -0.15) is 0 Å². The highest BCUT2D eigenvalue weighted by molar-refractivity contribution is 5.77. The number of hydrogen-bond donors (Lipinski definition) is 1. The summed E-state index contributed by atoms with van der Waals surface area (Å²) in [6, 6.07) is 10.8. The molecule has 0 saturated heterocycles. The molecule has 0 aliphatic heterocycles. The molecule has 2 heteroatoms. The molecule has 92 valence electrons. The van der Waals surface area contributed by atoms with Gasteiger partial charge in [0.1, 0.15) is 11.3 Å². The number of benzene rings is 1. The van der Waals surface area contributed by atoms with E-state index in [0.29, 0.717) is 6.04 Å². The van der Waals surface area contributed by atoms with Crippen molar-refractivity contribution < 1.29 is 4.42 Å². The van der Waals surface area contributed by atoms with E-state index in [1.165, 1.54) is 11.8 Å². The fraction of sp³-hybridized carbons (Fsp3) is 0.467. The SMILES string of the molecule is CC(C)CC(C)NCc1cc2ccccc2o1. The Balaban J connectivity index is 1.95. The van der Waals surface area contributed by atoms with E-state index in [1.54, 1.807) is 0 Å². The van der Waals surface area contributed by atoms with Gasteiger partial charge in [0.25, 0.3) is 0 Å². The van der Waals surface area contributed by atoms with Crippen molar-refractivity contribution in [2.75, 3.05) is 0 Å². The van der Waals surface area contributed by atoms with Crippen molar-refractivity contribution in [2.24, 2.45) is 5.92 Å². The molecule has 2 rings (SSSR count). The van der Waals surface area contributed by atoms with Crippen LogP contribution in [0, 0.1) is 5.92 Å². The van der Waals surface area contributed by atoms with Crippen molar-refractivity contribution >= 4 is 11.0 Å². The molecule has 1 aromatic heterocycles. The summed E-state index contributed by atoms with van der Waals surface area (Å²) in [7, 11) is 0. The molecular formula is C15H21NO. The molecule has 1 aromatic carbocycles. The summed E-state index contributed by atoms with van der Waals surface area (Å²) in [6.45, 7) is 7.53. The quantitative estimate of drug-likeness (QED) is 0.842.